The summed E-state index contributed by atoms with van der Waals surface area (Å²) < 4.78 is 0. The fourth-order valence-electron chi connectivity index (χ4n) is 1.99. The molecule has 6 heteroatoms. The van der Waals surface area contributed by atoms with Gasteiger partial charge in [0.2, 0.25) is 5.95 Å². The first-order valence-corrected chi connectivity index (χ1v) is 7.13. The van der Waals surface area contributed by atoms with Gasteiger partial charge in [0.25, 0.3) is 5.56 Å². The molecular formula is C14H14N4OS. The summed E-state index contributed by atoms with van der Waals surface area (Å²) in [5.74, 6) is 0.470. The highest BCUT2D eigenvalue weighted by Gasteiger charge is 2.05. The molecule has 0 amide bonds. The molecule has 2 aromatic heterocycles. The lowest BCUT2D eigenvalue weighted by atomic mass is 10.2. The zero-order valence-corrected chi connectivity index (χ0v) is 11.8. The van der Waals surface area contributed by atoms with E-state index in [0.717, 1.165) is 0 Å². The third kappa shape index (κ3) is 2.37. The van der Waals surface area contributed by atoms with Crippen LogP contribution in [0.25, 0.3) is 10.9 Å². The number of nitrogens with zero attached hydrogens (tertiary/aromatic N) is 1. The lowest BCUT2D eigenvalue weighted by Gasteiger charge is -2.06. The van der Waals surface area contributed by atoms with E-state index >= 15 is 0 Å². The number of nitrogens with two attached hydrogens (primary N) is 1. The van der Waals surface area contributed by atoms with Gasteiger partial charge in [-0.1, -0.05) is 0 Å². The fourth-order valence-corrected chi connectivity index (χ4v) is 2.84. The van der Waals surface area contributed by atoms with E-state index in [1.165, 1.54) is 11.1 Å². The van der Waals surface area contributed by atoms with Crippen LogP contribution in [0.1, 0.15) is 11.1 Å². The van der Waals surface area contributed by atoms with Crippen LogP contribution in [0, 0.1) is 6.92 Å². The van der Waals surface area contributed by atoms with E-state index in [2.05, 4.69) is 33.0 Å². The molecule has 102 valence electrons. The summed E-state index contributed by atoms with van der Waals surface area (Å²) in [5, 5.41) is 7.83. The number of hydrogen-bond donors (Lipinski definition) is 3. The number of thiophene rings is 1. The second-order valence-electron chi connectivity index (χ2n) is 4.62. The Hall–Kier alpha value is -2.34. The van der Waals surface area contributed by atoms with E-state index in [-0.39, 0.29) is 5.56 Å². The Morgan fingerprint density at radius 1 is 1.40 bits per heavy atom. The number of rotatable bonds is 3. The van der Waals surface area contributed by atoms with Crippen molar-refractivity contribution in [2.24, 2.45) is 0 Å². The minimum atomic E-state index is -0.188. The van der Waals surface area contributed by atoms with Crippen LogP contribution in [0.5, 0.6) is 0 Å². The molecule has 0 bridgehead atoms. The van der Waals surface area contributed by atoms with Gasteiger partial charge in [-0.05, 0) is 47.0 Å². The maximum absolute atomic E-state index is 12.0. The van der Waals surface area contributed by atoms with Crippen LogP contribution in [0.15, 0.2) is 33.8 Å². The third-order valence-corrected chi connectivity index (χ3v) is 4.05. The molecule has 0 spiro atoms. The largest absolute Gasteiger partial charge is 0.399 e. The normalized spacial score (nSPS) is 10.8. The Bertz CT molecular complexity index is 821. The lowest BCUT2D eigenvalue weighted by molar-refractivity contribution is 1.05. The number of aromatic amines is 1. The molecule has 0 saturated heterocycles. The van der Waals surface area contributed by atoms with Crippen molar-refractivity contribution < 1.29 is 0 Å². The van der Waals surface area contributed by atoms with Crippen LogP contribution in [0.4, 0.5) is 11.6 Å². The molecule has 1 aromatic carbocycles. The lowest BCUT2D eigenvalue weighted by Crippen LogP contribution is -2.13. The predicted octanol–water partition coefficient (Wildman–Crippen LogP) is 2.49. The molecule has 0 fully saturated rings. The number of hydrogen-bond acceptors (Lipinski definition) is 5. The first-order valence-electron chi connectivity index (χ1n) is 6.18. The Kier molecular flexibility index (Phi) is 3.15. The molecule has 0 unspecified atom stereocenters. The highest BCUT2D eigenvalue weighted by Crippen LogP contribution is 2.16. The molecule has 3 aromatic rings. The van der Waals surface area contributed by atoms with Crippen LogP contribution in [-0.2, 0) is 6.54 Å². The number of nitrogen functional groups attached to an aromatic ring is 1. The van der Waals surface area contributed by atoms with Crippen LogP contribution in [0.3, 0.4) is 0 Å². The molecule has 4 N–H and O–H groups in total. The molecule has 2 heterocycles. The number of H-pyrrole nitrogens is 1. The molecule has 0 aliphatic carbocycles. The monoisotopic (exact) mass is 286 g/mol. The molecule has 20 heavy (non-hydrogen) atoms. The molecule has 5 nitrogen and oxygen atoms in total. The number of benzene rings is 1. The van der Waals surface area contributed by atoms with Crippen molar-refractivity contribution in [3.63, 3.8) is 0 Å². The fraction of sp³-hybridized carbons (Fsp3) is 0.143. The van der Waals surface area contributed by atoms with Crippen molar-refractivity contribution in [1.29, 1.82) is 0 Å². The highest BCUT2D eigenvalue weighted by molar-refractivity contribution is 7.08. The standard InChI is InChI=1S/C14H14N4OS/c1-8-6-20-7-9(8)5-16-14-17-12-3-2-10(15)4-11(12)13(19)18-14/h2-4,6-7H,5,15H2,1H3,(H2,16,17,18,19). The summed E-state index contributed by atoms with van der Waals surface area (Å²) in [5.41, 5.74) is 9.11. The minimum Gasteiger partial charge on any atom is -0.399 e. The molecule has 0 radical (unpaired) electrons. The van der Waals surface area contributed by atoms with Gasteiger partial charge in [-0.2, -0.15) is 11.3 Å². The Morgan fingerprint density at radius 3 is 3.00 bits per heavy atom. The molecular weight excluding hydrogens is 272 g/mol. The van der Waals surface area contributed by atoms with Crippen molar-refractivity contribution in [2.75, 3.05) is 11.1 Å². The predicted molar refractivity (Wildman–Crippen MR) is 83.2 cm³/mol. The smallest absolute Gasteiger partial charge is 0.260 e. The minimum absolute atomic E-state index is 0.188. The number of nitrogens with one attached hydrogen (secondary N) is 2. The van der Waals surface area contributed by atoms with Crippen LogP contribution in [-0.4, -0.2) is 9.97 Å². The van der Waals surface area contributed by atoms with Gasteiger partial charge in [-0.3, -0.25) is 9.78 Å². The zero-order valence-electron chi connectivity index (χ0n) is 10.9. The average molecular weight is 286 g/mol. The maximum Gasteiger partial charge on any atom is 0.260 e. The molecule has 0 saturated carbocycles. The van der Waals surface area contributed by atoms with E-state index in [9.17, 15) is 4.79 Å². The second-order valence-corrected chi connectivity index (χ2v) is 5.37. The van der Waals surface area contributed by atoms with Gasteiger partial charge >= 0.3 is 0 Å². The molecule has 0 aliphatic heterocycles. The quantitative estimate of drug-likeness (QED) is 0.646. The maximum atomic E-state index is 12.0. The van der Waals surface area contributed by atoms with Gasteiger partial charge in [0.1, 0.15) is 0 Å². The summed E-state index contributed by atoms with van der Waals surface area (Å²) in [7, 11) is 0. The van der Waals surface area contributed by atoms with Gasteiger partial charge in [0, 0.05) is 12.2 Å². The molecule has 3 rings (SSSR count). The topological polar surface area (TPSA) is 83.8 Å². The van der Waals surface area contributed by atoms with E-state index in [1.54, 1.807) is 29.5 Å². The van der Waals surface area contributed by atoms with Crippen molar-refractivity contribution in [3.8, 4) is 0 Å². The first-order chi connectivity index (χ1) is 9.63. The Balaban J connectivity index is 1.91. The van der Waals surface area contributed by atoms with E-state index in [0.29, 0.717) is 29.1 Å². The van der Waals surface area contributed by atoms with Crippen molar-refractivity contribution in [2.45, 2.75) is 13.5 Å². The van der Waals surface area contributed by atoms with Gasteiger partial charge in [0.05, 0.1) is 10.9 Å². The SMILES string of the molecule is Cc1cscc1CNc1nc2ccc(N)cc2c(=O)[nH]1. The second kappa shape index (κ2) is 4.97. The van der Waals surface area contributed by atoms with E-state index in [4.69, 9.17) is 5.73 Å². The van der Waals surface area contributed by atoms with Crippen LogP contribution >= 0.6 is 11.3 Å². The molecule has 0 atom stereocenters. The third-order valence-electron chi connectivity index (χ3n) is 3.14. The van der Waals surface area contributed by atoms with Crippen LogP contribution in [0.2, 0.25) is 0 Å². The Labute approximate surface area is 119 Å². The first kappa shape index (κ1) is 12.7. The van der Waals surface area contributed by atoms with Crippen molar-refractivity contribution in [3.05, 3.63) is 50.4 Å². The summed E-state index contributed by atoms with van der Waals surface area (Å²) in [6.45, 7) is 2.70. The van der Waals surface area contributed by atoms with Gasteiger partial charge in [0.15, 0.2) is 0 Å². The summed E-state index contributed by atoms with van der Waals surface area (Å²) in [6.07, 6.45) is 0. The van der Waals surface area contributed by atoms with Gasteiger partial charge < -0.3 is 11.1 Å². The van der Waals surface area contributed by atoms with E-state index in [1.807, 2.05) is 0 Å². The average Bonchev–Trinajstić information content (AvgIpc) is 2.83. The number of fused-ring (bicyclic) bond motifs is 1. The zero-order chi connectivity index (χ0) is 14.1. The number of aryl methyl sites for hydroxylation is 1. The highest BCUT2D eigenvalue weighted by atomic mass is 32.1. The Morgan fingerprint density at radius 2 is 2.25 bits per heavy atom. The van der Waals surface area contributed by atoms with Crippen molar-refractivity contribution in [1.82, 2.24) is 9.97 Å². The number of aromatic nitrogens is 2. The van der Waals surface area contributed by atoms with Gasteiger partial charge in [-0.25, -0.2) is 4.98 Å². The summed E-state index contributed by atoms with van der Waals surface area (Å²) in [6, 6.07) is 5.12. The number of anilines is 2. The van der Waals surface area contributed by atoms with Gasteiger partial charge in [-0.15, -0.1) is 0 Å². The summed E-state index contributed by atoms with van der Waals surface area (Å²) >= 11 is 1.66. The van der Waals surface area contributed by atoms with E-state index < -0.39 is 0 Å². The molecule has 0 aliphatic rings. The van der Waals surface area contributed by atoms with Crippen molar-refractivity contribution >= 4 is 33.9 Å². The van der Waals surface area contributed by atoms with Crippen LogP contribution < -0.4 is 16.6 Å². The summed E-state index contributed by atoms with van der Waals surface area (Å²) in [4.78, 5) is 19.1.